The van der Waals surface area contributed by atoms with Crippen LogP contribution in [0.2, 0.25) is 0 Å². The Balaban J connectivity index is 1.45. The number of carbonyl (C=O) groups excluding carboxylic acids is 2. The highest BCUT2D eigenvalue weighted by atomic mass is 16.7. The summed E-state index contributed by atoms with van der Waals surface area (Å²) in [5.41, 5.74) is 3.39. The Morgan fingerprint density at radius 3 is 2.17 bits per heavy atom. The Morgan fingerprint density at radius 2 is 1.43 bits per heavy atom. The molecule has 2 aliphatic heterocycles. The van der Waals surface area contributed by atoms with E-state index in [2.05, 4.69) is 0 Å². The third-order valence-electron chi connectivity index (χ3n) is 6.88. The first kappa shape index (κ1) is 21.4. The van der Waals surface area contributed by atoms with Gasteiger partial charge in [-0.2, -0.15) is 0 Å². The second kappa shape index (κ2) is 8.25. The van der Waals surface area contributed by atoms with Crippen LogP contribution in [0.5, 0.6) is 0 Å². The minimum Gasteiger partial charge on any atom is -0.378 e. The lowest BCUT2D eigenvalue weighted by atomic mass is 9.90. The van der Waals surface area contributed by atoms with Gasteiger partial charge >= 0.3 is 0 Å². The van der Waals surface area contributed by atoms with Gasteiger partial charge in [-0.15, -0.1) is 0 Å². The minimum atomic E-state index is -0.889. The molecule has 0 saturated carbocycles. The van der Waals surface area contributed by atoms with Crippen LogP contribution in [0.3, 0.4) is 0 Å². The van der Waals surface area contributed by atoms with Gasteiger partial charge in [0.15, 0.2) is 6.10 Å². The van der Waals surface area contributed by atoms with Gasteiger partial charge in [0.25, 0.3) is 5.91 Å². The highest BCUT2D eigenvalue weighted by Crippen LogP contribution is 2.48. The molecule has 2 saturated heterocycles. The van der Waals surface area contributed by atoms with E-state index in [9.17, 15) is 9.59 Å². The van der Waals surface area contributed by atoms with E-state index in [1.54, 1.807) is 5.06 Å². The number of fused-ring (bicyclic) bond motifs is 2. The van der Waals surface area contributed by atoms with Gasteiger partial charge in [-0.05, 0) is 41.3 Å². The number of hydrogen-bond acceptors (Lipinski definition) is 5. The van der Waals surface area contributed by atoms with E-state index in [-0.39, 0.29) is 11.8 Å². The molecule has 2 fully saturated rings. The summed E-state index contributed by atoms with van der Waals surface area (Å²) in [7, 11) is 3.97. The summed E-state index contributed by atoms with van der Waals surface area (Å²) in [6.45, 7) is 0. The van der Waals surface area contributed by atoms with Gasteiger partial charge in [0.05, 0.1) is 17.4 Å². The summed E-state index contributed by atoms with van der Waals surface area (Å²) in [5, 5.41) is 3.57. The number of rotatable bonds is 4. The monoisotopic (exact) mass is 463 g/mol. The van der Waals surface area contributed by atoms with Crippen molar-refractivity contribution in [2.75, 3.05) is 29.0 Å². The molecular formula is C29H25N3O3. The Kier molecular flexibility index (Phi) is 5.04. The average Bonchev–Trinajstić information content (AvgIpc) is 3.40. The van der Waals surface area contributed by atoms with Crippen LogP contribution < -0.4 is 14.9 Å². The van der Waals surface area contributed by atoms with Crippen LogP contribution in [0.25, 0.3) is 10.8 Å². The van der Waals surface area contributed by atoms with Crippen LogP contribution in [0.15, 0.2) is 97.1 Å². The number of hydroxylamine groups is 1. The van der Waals surface area contributed by atoms with Crippen molar-refractivity contribution >= 4 is 39.6 Å². The number of carbonyl (C=O) groups is 2. The molecule has 0 N–H and O–H groups in total. The van der Waals surface area contributed by atoms with Crippen LogP contribution in [0.1, 0.15) is 11.6 Å². The molecule has 6 heteroatoms. The van der Waals surface area contributed by atoms with E-state index in [1.807, 2.05) is 116 Å². The van der Waals surface area contributed by atoms with Crippen molar-refractivity contribution in [3.8, 4) is 0 Å². The maximum absolute atomic E-state index is 14.0. The first-order valence-corrected chi connectivity index (χ1v) is 11.7. The van der Waals surface area contributed by atoms with Crippen LogP contribution in [0, 0.1) is 5.92 Å². The van der Waals surface area contributed by atoms with Crippen LogP contribution >= 0.6 is 0 Å². The molecule has 35 heavy (non-hydrogen) atoms. The van der Waals surface area contributed by atoms with E-state index in [4.69, 9.17) is 4.84 Å². The molecule has 2 heterocycles. The van der Waals surface area contributed by atoms with Crippen LogP contribution in [-0.2, 0) is 14.4 Å². The topological polar surface area (TPSA) is 53.1 Å². The zero-order chi connectivity index (χ0) is 24.1. The molecule has 0 aromatic heterocycles. The van der Waals surface area contributed by atoms with Crippen molar-refractivity contribution in [2.24, 2.45) is 5.92 Å². The summed E-state index contributed by atoms with van der Waals surface area (Å²) in [4.78, 5) is 37.3. The van der Waals surface area contributed by atoms with Gasteiger partial charge in [-0.25, -0.2) is 9.96 Å². The first-order valence-electron chi connectivity index (χ1n) is 11.7. The second-order valence-electron chi connectivity index (χ2n) is 9.15. The number of imide groups is 1. The summed E-state index contributed by atoms with van der Waals surface area (Å²) < 4.78 is 0. The molecule has 174 valence electrons. The fourth-order valence-electron chi connectivity index (χ4n) is 5.16. The van der Waals surface area contributed by atoms with Gasteiger partial charge < -0.3 is 4.90 Å². The van der Waals surface area contributed by atoms with Gasteiger partial charge in [-0.1, -0.05) is 66.7 Å². The fourth-order valence-corrected chi connectivity index (χ4v) is 5.16. The number of benzene rings is 4. The van der Waals surface area contributed by atoms with Crippen LogP contribution in [0.4, 0.5) is 17.1 Å². The molecule has 4 aromatic rings. The van der Waals surface area contributed by atoms with Gasteiger partial charge in [0.2, 0.25) is 5.91 Å². The number of hydrogen-bond donors (Lipinski definition) is 0. The lowest BCUT2D eigenvalue weighted by Crippen LogP contribution is -2.37. The molecule has 6 rings (SSSR count). The standard InChI is InChI=1S/C29H25N3O3/c1-30(2)21-17-15-20(16-18-21)26-25-27(35-32(26)22-11-4-3-5-12-22)29(34)31(28(25)33)24-14-8-10-19-9-6-7-13-23(19)24/h3-18,25-27H,1-2H3/t25-,26-,27-/m1/s1. The van der Waals surface area contributed by atoms with E-state index >= 15 is 0 Å². The summed E-state index contributed by atoms with van der Waals surface area (Å²) in [5.74, 6) is -1.23. The summed E-state index contributed by atoms with van der Waals surface area (Å²) >= 11 is 0. The van der Waals surface area contributed by atoms with E-state index in [0.29, 0.717) is 5.69 Å². The normalized spacial score (nSPS) is 21.6. The first-order chi connectivity index (χ1) is 17.0. The molecule has 2 aliphatic rings. The van der Waals surface area contributed by atoms with Crippen molar-refractivity contribution in [2.45, 2.75) is 12.1 Å². The number of amides is 2. The molecule has 0 radical (unpaired) electrons. The predicted octanol–water partition coefficient (Wildman–Crippen LogP) is 4.96. The second-order valence-corrected chi connectivity index (χ2v) is 9.15. The third-order valence-corrected chi connectivity index (χ3v) is 6.88. The molecule has 0 aliphatic carbocycles. The Bertz CT molecular complexity index is 1410. The maximum atomic E-state index is 14.0. The Hall–Kier alpha value is -4.16. The zero-order valence-electron chi connectivity index (χ0n) is 19.5. The molecule has 3 atom stereocenters. The third kappa shape index (κ3) is 3.37. The van der Waals surface area contributed by atoms with E-state index in [1.165, 1.54) is 4.90 Å². The molecule has 0 unspecified atom stereocenters. The highest BCUT2D eigenvalue weighted by Gasteiger charge is 2.60. The SMILES string of the molecule is CN(C)c1ccc([C@@H]2[C@H]3C(=O)N(c4cccc5ccccc45)C(=O)[C@@H]3ON2c2ccccc2)cc1. The fraction of sp³-hybridized carbons (Fsp3) is 0.172. The van der Waals surface area contributed by atoms with Gasteiger partial charge in [-0.3, -0.25) is 14.4 Å². The Labute approximate surface area is 203 Å². The molecule has 4 aromatic carbocycles. The average molecular weight is 464 g/mol. The minimum absolute atomic E-state index is 0.239. The van der Waals surface area contributed by atoms with Crippen molar-refractivity contribution < 1.29 is 14.4 Å². The maximum Gasteiger partial charge on any atom is 0.266 e. The highest BCUT2D eigenvalue weighted by molar-refractivity contribution is 6.26. The van der Waals surface area contributed by atoms with Crippen molar-refractivity contribution in [3.63, 3.8) is 0 Å². The van der Waals surface area contributed by atoms with Crippen molar-refractivity contribution in [3.05, 3.63) is 103 Å². The smallest absolute Gasteiger partial charge is 0.266 e. The Morgan fingerprint density at radius 1 is 0.743 bits per heavy atom. The number of nitrogens with zero attached hydrogens (tertiary/aromatic N) is 3. The van der Waals surface area contributed by atoms with Crippen LogP contribution in [-0.4, -0.2) is 32.0 Å². The molecule has 6 nitrogen and oxygen atoms in total. The quantitative estimate of drug-likeness (QED) is 0.401. The number of para-hydroxylation sites is 1. The lowest BCUT2D eigenvalue weighted by molar-refractivity contribution is -0.126. The largest absolute Gasteiger partial charge is 0.378 e. The predicted molar refractivity (Wildman–Crippen MR) is 137 cm³/mol. The van der Waals surface area contributed by atoms with Crippen molar-refractivity contribution in [1.82, 2.24) is 0 Å². The molecule has 2 amide bonds. The van der Waals surface area contributed by atoms with E-state index in [0.717, 1.165) is 27.7 Å². The van der Waals surface area contributed by atoms with Crippen molar-refractivity contribution in [1.29, 1.82) is 0 Å². The zero-order valence-corrected chi connectivity index (χ0v) is 19.5. The molecular weight excluding hydrogens is 438 g/mol. The summed E-state index contributed by atoms with van der Waals surface area (Å²) in [6, 6.07) is 30.7. The van der Waals surface area contributed by atoms with Gasteiger partial charge in [0.1, 0.15) is 5.92 Å². The molecule has 0 spiro atoms. The summed E-state index contributed by atoms with van der Waals surface area (Å²) in [6.07, 6.45) is -0.889. The van der Waals surface area contributed by atoms with E-state index < -0.39 is 18.1 Å². The number of anilines is 3. The lowest BCUT2D eigenvalue weighted by Gasteiger charge is -2.29. The molecule has 0 bridgehead atoms. The van der Waals surface area contributed by atoms with Gasteiger partial charge in [0, 0.05) is 25.2 Å².